The molecule has 6 aromatic rings. The topological polar surface area (TPSA) is 96.6 Å². The van der Waals surface area contributed by atoms with Crippen LogP contribution in [-0.2, 0) is 22.6 Å². The summed E-state index contributed by atoms with van der Waals surface area (Å²) >= 11 is 2.60. The third-order valence-electron chi connectivity index (χ3n) is 8.34. The molecular formula is C35H23FN4O4S2. The van der Waals surface area contributed by atoms with E-state index in [1.54, 1.807) is 29.2 Å². The molecule has 46 heavy (non-hydrogen) atoms. The third-order valence-corrected chi connectivity index (χ3v) is 10.5. The van der Waals surface area contributed by atoms with E-state index in [2.05, 4.69) is 10.2 Å². The van der Waals surface area contributed by atoms with E-state index in [0.29, 0.717) is 21.3 Å². The molecule has 0 radical (unpaired) electrons. The van der Waals surface area contributed by atoms with E-state index in [1.807, 2.05) is 61.5 Å². The normalized spacial score (nSPS) is 16.9. The van der Waals surface area contributed by atoms with Gasteiger partial charge < -0.3 is 9.32 Å². The Hall–Kier alpha value is -5.13. The number of nitrogens with zero attached hydrogens (tertiary/aromatic N) is 4. The summed E-state index contributed by atoms with van der Waals surface area (Å²) in [6, 6.07) is 28.3. The summed E-state index contributed by atoms with van der Waals surface area (Å²) < 4.78 is 21.1. The van der Waals surface area contributed by atoms with Crippen LogP contribution >= 0.6 is 23.1 Å². The molecule has 8 nitrogen and oxygen atoms in total. The second-order valence-electron chi connectivity index (χ2n) is 11.1. The molecule has 4 aromatic carbocycles. The van der Waals surface area contributed by atoms with Gasteiger partial charge in [0.1, 0.15) is 11.4 Å². The minimum Gasteiger partial charge on any atom is -0.450 e. The smallest absolute Gasteiger partial charge is 0.297 e. The molecule has 1 unspecified atom stereocenters. The molecule has 0 fully saturated rings. The van der Waals surface area contributed by atoms with Gasteiger partial charge in [0.05, 0.1) is 23.2 Å². The molecule has 2 aliphatic rings. The number of hydrogen-bond acceptors (Lipinski definition) is 8. The van der Waals surface area contributed by atoms with Gasteiger partial charge in [0.25, 0.3) is 11.8 Å². The summed E-state index contributed by atoms with van der Waals surface area (Å²) in [6.07, 6.45) is 0. The van der Waals surface area contributed by atoms with Crippen molar-refractivity contribution in [2.75, 3.05) is 9.80 Å². The van der Waals surface area contributed by atoms with Gasteiger partial charge in [0, 0.05) is 11.3 Å². The molecule has 0 saturated heterocycles. The number of anilines is 2. The number of fused-ring (bicyclic) bond motifs is 5. The SMILES string of the molecule is Cc1ccc(CN2C(=O)C3(c4ccccc42)c2c(oc4ccc(F)cc4c2=O)C(=O)N3c2nnc(SCc3ccccc3)s2)cc1. The van der Waals surface area contributed by atoms with E-state index < -0.39 is 28.6 Å². The maximum atomic E-state index is 15.1. The van der Waals surface area contributed by atoms with Gasteiger partial charge in [-0.15, -0.1) is 10.2 Å². The van der Waals surface area contributed by atoms with Crippen molar-refractivity contribution in [3.8, 4) is 0 Å². The van der Waals surface area contributed by atoms with E-state index in [1.165, 1.54) is 22.7 Å². The van der Waals surface area contributed by atoms with Crippen molar-refractivity contribution in [2.45, 2.75) is 29.1 Å². The number of hydrogen-bond donors (Lipinski definition) is 0. The van der Waals surface area contributed by atoms with Gasteiger partial charge in [-0.2, -0.15) is 0 Å². The number of halogens is 1. The van der Waals surface area contributed by atoms with Crippen molar-refractivity contribution in [2.24, 2.45) is 0 Å². The standard InChI is InChI=1S/C35H23FN4O4S2/c1-20-11-13-21(14-12-20)18-39-26-10-6-5-9-25(26)35(32(39)43)28-29(41)24-17-23(36)15-16-27(24)44-30(28)31(42)40(35)33-37-38-34(46-33)45-19-22-7-3-2-4-8-22/h2-17H,18-19H2,1H3. The number of aromatic nitrogens is 2. The first-order valence-corrected chi connectivity index (χ1v) is 16.2. The maximum Gasteiger partial charge on any atom is 0.297 e. The first kappa shape index (κ1) is 28.4. The summed E-state index contributed by atoms with van der Waals surface area (Å²) in [5.41, 5.74) is 1.27. The molecule has 226 valence electrons. The summed E-state index contributed by atoms with van der Waals surface area (Å²) in [5.74, 6) is -1.51. The lowest BCUT2D eigenvalue weighted by atomic mass is 9.84. The fourth-order valence-electron chi connectivity index (χ4n) is 6.24. The molecule has 2 aliphatic heterocycles. The van der Waals surface area contributed by atoms with Crippen molar-refractivity contribution in [1.82, 2.24) is 10.2 Å². The highest BCUT2D eigenvalue weighted by molar-refractivity contribution is 8.00. The average molecular weight is 647 g/mol. The first-order valence-electron chi connectivity index (χ1n) is 14.4. The Balaban J connectivity index is 1.33. The highest BCUT2D eigenvalue weighted by Gasteiger charge is 2.66. The number of thioether (sulfide) groups is 1. The second kappa shape index (κ2) is 10.7. The minimum atomic E-state index is -1.95. The fourth-order valence-corrected chi connectivity index (χ4v) is 8.09. The van der Waals surface area contributed by atoms with Crippen LogP contribution in [0.3, 0.4) is 0 Å². The second-order valence-corrected chi connectivity index (χ2v) is 13.3. The zero-order valence-electron chi connectivity index (χ0n) is 24.3. The molecular weight excluding hydrogens is 624 g/mol. The number of aryl methyl sites for hydroxylation is 1. The summed E-state index contributed by atoms with van der Waals surface area (Å²) in [4.78, 5) is 46.7. The predicted octanol–water partition coefficient (Wildman–Crippen LogP) is 6.84. The molecule has 0 saturated carbocycles. The van der Waals surface area contributed by atoms with Gasteiger partial charge in [-0.05, 0) is 42.3 Å². The van der Waals surface area contributed by atoms with Crippen molar-refractivity contribution < 1.29 is 18.4 Å². The lowest BCUT2D eigenvalue weighted by molar-refractivity contribution is -0.121. The van der Waals surface area contributed by atoms with Crippen LogP contribution in [0.25, 0.3) is 11.0 Å². The molecule has 4 heterocycles. The number of carbonyl (C=O) groups is 2. The Morgan fingerprint density at radius 1 is 0.891 bits per heavy atom. The van der Waals surface area contributed by atoms with Crippen molar-refractivity contribution in [3.63, 3.8) is 0 Å². The van der Waals surface area contributed by atoms with Crippen LogP contribution in [-0.4, -0.2) is 22.0 Å². The van der Waals surface area contributed by atoms with Gasteiger partial charge in [-0.1, -0.05) is 101 Å². The fraction of sp³-hybridized carbons (Fsp3) is 0.114. The Morgan fingerprint density at radius 2 is 1.65 bits per heavy atom. The highest BCUT2D eigenvalue weighted by atomic mass is 32.2. The lowest BCUT2D eigenvalue weighted by Crippen LogP contribution is -2.53. The first-order chi connectivity index (χ1) is 22.4. The summed E-state index contributed by atoms with van der Waals surface area (Å²) in [7, 11) is 0. The zero-order chi connectivity index (χ0) is 31.6. The Labute approximate surface area is 270 Å². The maximum absolute atomic E-state index is 15.1. The molecule has 8 rings (SSSR count). The molecule has 2 aromatic heterocycles. The van der Waals surface area contributed by atoms with Crippen LogP contribution in [0, 0.1) is 12.7 Å². The average Bonchev–Trinajstić information content (AvgIpc) is 3.71. The Kier molecular flexibility index (Phi) is 6.62. The summed E-state index contributed by atoms with van der Waals surface area (Å²) in [6.45, 7) is 2.17. The van der Waals surface area contributed by atoms with Gasteiger partial charge in [-0.3, -0.25) is 19.3 Å². The zero-order valence-corrected chi connectivity index (χ0v) is 25.9. The molecule has 2 amide bonds. The van der Waals surface area contributed by atoms with Crippen molar-refractivity contribution in [3.05, 3.63) is 147 Å². The largest absolute Gasteiger partial charge is 0.450 e. The lowest BCUT2D eigenvalue weighted by Gasteiger charge is -2.32. The van der Waals surface area contributed by atoms with Crippen LogP contribution in [0.1, 0.15) is 38.4 Å². The van der Waals surface area contributed by atoms with E-state index >= 15 is 4.79 Å². The van der Waals surface area contributed by atoms with Crippen LogP contribution in [0.4, 0.5) is 15.2 Å². The highest BCUT2D eigenvalue weighted by Crippen LogP contribution is 2.55. The minimum absolute atomic E-state index is 0.0436. The van der Waals surface area contributed by atoms with Crippen LogP contribution in [0.5, 0.6) is 0 Å². The number of rotatable bonds is 6. The van der Waals surface area contributed by atoms with Crippen LogP contribution in [0.2, 0.25) is 0 Å². The predicted molar refractivity (Wildman–Crippen MR) is 175 cm³/mol. The van der Waals surface area contributed by atoms with Gasteiger partial charge in [0.2, 0.25) is 10.9 Å². The Morgan fingerprint density at radius 3 is 2.46 bits per heavy atom. The molecule has 0 aliphatic carbocycles. The van der Waals surface area contributed by atoms with E-state index in [0.717, 1.165) is 40.2 Å². The van der Waals surface area contributed by atoms with Gasteiger partial charge >= 0.3 is 0 Å². The molecule has 11 heteroatoms. The Bertz CT molecular complexity index is 2250. The monoisotopic (exact) mass is 646 g/mol. The summed E-state index contributed by atoms with van der Waals surface area (Å²) in [5, 5.41) is 8.80. The van der Waals surface area contributed by atoms with E-state index in [9.17, 15) is 14.0 Å². The third kappa shape index (κ3) is 4.22. The number of para-hydroxylation sites is 1. The number of amides is 2. The van der Waals surface area contributed by atoms with Gasteiger partial charge in [0.15, 0.2) is 15.3 Å². The van der Waals surface area contributed by atoms with Gasteiger partial charge in [-0.25, -0.2) is 4.39 Å². The number of carbonyl (C=O) groups excluding carboxylic acids is 2. The van der Waals surface area contributed by atoms with E-state index in [-0.39, 0.29) is 34.0 Å². The molecule has 0 N–H and O–H groups in total. The molecule has 1 atom stereocenters. The van der Waals surface area contributed by atoms with E-state index in [4.69, 9.17) is 4.42 Å². The molecule has 1 spiro atoms. The quantitative estimate of drug-likeness (QED) is 0.145. The van der Waals surface area contributed by atoms with Crippen LogP contribution < -0.4 is 15.2 Å². The van der Waals surface area contributed by atoms with Crippen molar-refractivity contribution in [1.29, 1.82) is 0 Å². The van der Waals surface area contributed by atoms with Crippen LogP contribution in [0.15, 0.2) is 111 Å². The van der Waals surface area contributed by atoms with Crippen molar-refractivity contribution >= 4 is 56.7 Å². The molecule has 0 bridgehead atoms. The number of benzene rings is 4.